The fraction of sp³-hybridized carbons (Fsp3) is 0.786. The summed E-state index contributed by atoms with van der Waals surface area (Å²) in [7, 11) is 0. The SMILES string of the molecule is O[C@@H]1CCCC[C@H]1N1CCC(c2ccn[nH]2)CC1. The quantitative estimate of drug-likeness (QED) is 0.841. The van der Waals surface area contributed by atoms with E-state index in [-0.39, 0.29) is 6.10 Å². The van der Waals surface area contributed by atoms with Gasteiger partial charge in [-0.2, -0.15) is 5.10 Å². The van der Waals surface area contributed by atoms with Gasteiger partial charge in [0.25, 0.3) is 0 Å². The average molecular weight is 249 g/mol. The van der Waals surface area contributed by atoms with Crippen LogP contribution in [0.2, 0.25) is 0 Å². The predicted octanol–water partition coefficient (Wildman–Crippen LogP) is 1.89. The number of hydrogen-bond acceptors (Lipinski definition) is 3. The number of hydrogen-bond donors (Lipinski definition) is 2. The van der Waals surface area contributed by atoms with Crippen LogP contribution < -0.4 is 0 Å². The first-order valence-electron chi connectivity index (χ1n) is 7.26. The van der Waals surface area contributed by atoms with Gasteiger partial charge in [0.05, 0.1) is 6.10 Å². The van der Waals surface area contributed by atoms with Gasteiger partial charge in [-0.05, 0) is 44.8 Å². The minimum atomic E-state index is -0.0949. The van der Waals surface area contributed by atoms with E-state index < -0.39 is 0 Å². The fourth-order valence-corrected chi connectivity index (χ4v) is 3.55. The highest BCUT2D eigenvalue weighted by atomic mass is 16.3. The summed E-state index contributed by atoms with van der Waals surface area (Å²) < 4.78 is 0. The number of aromatic nitrogens is 2. The molecular weight excluding hydrogens is 226 g/mol. The Morgan fingerprint density at radius 2 is 1.94 bits per heavy atom. The molecule has 3 rings (SSSR count). The molecule has 4 heteroatoms. The molecule has 0 bridgehead atoms. The topological polar surface area (TPSA) is 52.1 Å². The Morgan fingerprint density at radius 1 is 1.17 bits per heavy atom. The summed E-state index contributed by atoms with van der Waals surface area (Å²) in [5.74, 6) is 0.629. The zero-order chi connectivity index (χ0) is 12.4. The highest BCUT2D eigenvalue weighted by molar-refractivity contribution is 5.07. The van der Waals surface area contributed by atoms with Crippen LogP contribution >= 0.6 is 0 Å². The molecule has 100 valence electrons. The Bertz CT molecular complexity index is 357. The van der Waals surface area contributed by atoms with E-state index in [0.29, 0.717) is 12.0 Å². The van der Waals surface area contributed by atoms with Crippen molar-refractivity contribution in [2.75, 3.05) is 13.1 Å². The van der Waals surface area contributed by atoms with Crippen molar-refractivity contribution >= 4 is 0 Å². The van der Waals surface area contributed by atoms with Crippen molar-refractivity contribution in [3.63, 3.8) is 0 Å². The molecule has 18 heavy (non-hydrogen) atoms. The molecule has 2 N–H and O–H groups in total. The molecule has 1 aliphatic carbocycles. The smallest absolute Gasteiger partial charge is 0.0695 e. The molecule has 0 aromatic carbocycles. The minimum absolute atomic E-state index is 0.0949. The van der Waals surface area contributed by atoms with Crippen LogP contribution in [0.1, 0.15) is 50.1 Å². The molecule has 2 aliphatic rings. The summed E-state index contributed by atoms with van der Waals surface area (Å²) >= 11 is 0. The third kappa shape index (κ3) is 2.45. The van der Waals surface area contributed by atoms with Gasteiger partial charge in [0, 0.05) is 23.9 Å². The van der Waals surface area contributed by atoms with Crippen LogP contribution in [0.15, 0.2) is 12.3 Å². The molecule has 0 radical (unpaired) electrons. The number of nitrogens with zero attached hydrogens (tertiary/aromatic N) is 2. The monoisotopic (exact) mass is 249 g/mol. The van der Waals surface area contributed by atoms with Crippen molar-refractivity contribution < 1.29 is 5.11 Å². The van der Waals surface area contributed by atoms with Crippen molar-refractivity contribution in [1.82, 2.24) is 15.1 Å². The number of likely N-dealkylation sites (tertiary alicyclic amines) is 1. The maximum absolute atomic E-state index is 10.1. The Labute approximate surface area is 108 Å². The summed E-state index contributed by atoms with van der Waals surface area (Å²) in [6.45, 7) is 2.23. The number of H-pyrrole nitrogens is 1. The lowest BCUT2D eigenvalue weighted by Crippen LogP contribution is -2.48. The molecule has 4 nitrogen and oxygen atoms in total. The third-order valence-electron chi connectivity index (χ3n) is 4.65. The second-order valence-electron chi connectivity index (χ2n) is 5.74. The van der Waals surface area contributed by atoms with Gasteiger partial charge < -0.3 is 5.11 Å². The van der Waals surface area contributed by atoms with Gasteiger partial charge in [-0.3, -0.25) is 10.00 Å². The molecule has 2 atom stereocenters. The van der Waals surface area contributed by atoms with Gasteiger partial charge >= 0.3 is 0 Å². The molecule has 1 aromatic rings. The van der Waals surface area contributed by atoms with E-state index >= 15 is 0 Å². The molecule has 2 fully saturated rings. The first kappa shape index (κ1) is 12.2. The number of piperidine rings is 1. The predicted molar refractivity (Wildman–Crippen MR) is 70.4 cm³/mol. The van der Waals surface area contributed by atoms with E-state index in [2.05, 4.69) is 21.2 Å². The van der Waals surface area contributed by atoms with Crippen LogP contribution in [0.5, 0.6) is 0 Å². The molecule has 0 unspecified atom stereocenters. The van der Waals surface area contributed by atoms with E-state index in [1.54, 1.807) is 0 Å². The number of nitrogens with one attached hydrogen (secondary N) is 1. The maximum atomic E-state index is 10.1. The van der Waals surface area contributed by atoms with Crippen LogP contribution in [-0.4, -0.2) is 45.4 Å². The number of aromatic amines is 1. The lowest BCUT2D eigenvalue weighted by atomic mass is 9.87. The van der Waals surface area contributed by atoms with Gasteiger partial charge in [-0.1, -0.05) is 12.8 Å². The van der Waals surface area contributed by atoms with Crippen molar-refractivity contribution in [3.8, 4) is 0 Å². The summed E-state index contributed by atoms with van der Waals surface area (Å²) in [4.78, 5) is 2.51. The zero-order valence-corrected chi connectivity index (χ0v) is 10.9. The standard InChI is InChI=1S/C14H23N3O/c18-14-4-2-1-3-13(14)17-9-6-11(7-10-17)12-5-8-15-16-12/h5,8,11,13-14,18H,1-4,6-7,9-10H2,(H,15,16)/t13-,14-/m1/s1. The molecule has 2 heterocycles. The van der Waals surface area contributed by atoms with Crippen LogP contribution in [0, 0.1) is 0 Å². The van der Waals surface area contributed by atoms with Crippen molar-refractivity contribution in [3.05, 3.63) is 18.0 Å². The van der Waals surface area contributed by atoms with E-state index in [1.807, 2.05) is 6.20 Å². The average Bonchev–Trinajstić information content (AvgIpc) is 2.94. The van der Waals surface area contributed by atoms with Gasteiger partial charge in [0.1, 0.15) is 0 Å². The maximum Gasteiger partial charge on any atom is 0.0695 e. The van der Waals surface area contributed by atoms with Gasteiger partial charge in [0.15, 0.2) is 0 Å². The number of rotatable bonds is 2. The molecule has 1 saturated heterocycles. The molecule has 0 spiro atoms. The Morgan fingerprint density at radius 3 is 2.61 bits per heavy atom. The molecular formula is C14H23N3O. The van der Waals surface area contributed by atoms with Crippen LogP contribution in [-0.2, 0) is 0 Å². The third-order valence-corrected chi connectivity index (χ3v) is 4.65. The first-order chi connectivity index (χ1) is 8.84. The highest BCUT2D eigenvalue weighted by Gasteiger charge is 2.31. The number of aliphatic hydroxyl groups is 1. The Balaban J connectivity index is 1.56. The lowest BCUT2D eigenvalue weighted by molar-refractivity contribution is 0.00853. The largest absolute Gasteiger partial charge is 0.391 e. The van der Waals surface area contributed by atoms with Crippen LogP contribution in [0.3, 0.4) is 0 Å². The summed E-state index contributed by atoms with van der Waals surface area (Å²) in [5, 5.41) is 17.2. The normalized spacial score (nSPS) is 31.6. The second-order valence-corrected chi connectivity index (χ2v) is 5.74. The minimum Gasteiger partial charge on any atom is -0.391 e. The van der Waals surface area contributed by atoms with E-state index in [0.717, 1.165) is 19.5 Å². The first-order valence-corrected chi connectivity index (χ1v) is 7.26. The van der Waals surface area contributed by atoms with E-state index in [9.17, 15) is 5.11 Å². The van der Waals surface area contributed by atoms with Crippen LogP contribution in [0.4, 0.5) is 0 Å². The van der Waals surface area contributed by atoms with Gasteiger partial charge in [-0.15, -0.1) is 0 Å². The highest BCUT2D eigenvalue weighted by Crippen LogP contribution is 2.31. The summed E-state index contributed by atoms with van der Waals surface area (Å²) in [6.07, 6.45) is 8.76. The fourth-order valence-electron chi connectivity index (χ4n) is 3.55. The van der Waals surface area contributed by atoms with E-state index in [1.165, 1.54) is 37.8 Å². The molecule has 0 amide bonds. The second kappa shape index (κ2) is 5.41. The van der Waals surface area contributed by atoms with Gasteiger partial charge in [0.2, 0.25) is 0 Å². The lowest BCUT2D eigenvalue weighted by Gasteiger charge is -2.41. The van der Waals surface area contributed by atoms with Crippen molar-refractivity contribution in [2.24, 2.45) is 0 Å². The molecule has 1 saturated carbocycles. The summed E-state index contributed by atoms with van der Waals surface area (Å²) in [5.41, 5.74) is 1.28. The summed E-state index contributed by atoms with van der Waals surface area (Å²) in [6, 6.07) is 2.51. The Hall–Kier alpha value is -0.870. The molecule has 1 aromatic heterocycles. The van der Waals surface area contributed by atoms with Crippen molar-refractivity contribution in [1.29, 1.82) is 0 Å². The van der Waals surface area contributed by atoms with E-state index in [4.69, 9.17) is 0 Å². The van der Waals surface area contributed by atoms with Crippen molar-refractivity contribution in [2.45, 2.75) is 56.6 Å². The van der Waals surface area contributed by atoms with Gasteiger partial charge in [-0.25, -0.2) is 0 Å². The zero-order valence-electron chi connectivity index (χ0n) is 10.9. The number of aliphatic hydroxyl groups excluding tert-OH is 1. The van der Waals surface area contributed by atoms with Crippen LogP contribution in [0.25, 0.3) is 0 Å². The molecule has 1 aliphatic heterocycles. The Kier molecular flexibility index (Phi) is 3.66.